The molecule has 0 spiro atoms. The molecule has 1 saturated heterocycles. The van der Waals surface area contributed by atoms with Crippen LogP contribution in [-0.4, -0.2) is 42.7 Å². The third-order valence-corrected chi connectivity index (χ3v) is 7.33. The molecule has 0 unspecified atom stereocenters. The van der Waals surface area contributed by atoms with Gasteiger partial charge < -0.3 is 0 Å². The number of piperidine rings is 1. The van der Waals surface area contributed by atoms with Crippen molar-refractivity contribution in [2.24, 2.45) is 13.0 Å². The highest BCUT2D eigenvalue weighted by molar-refractivity contribution is 7.89. The average Bonchev–Trinajstić information content (AvgIpc) is 2.90. The average molecular weight is 411 g/mol. The zero-order chi connectivity index (χ0) is 19.4. The fraction of sp³-hybridized carbons (Fsp3) is 0.526. The van der Waals surface area contributed by atoms with Gasteiger partial charge >= 0.3 is 0 Å². The first-order valence-electron chi connectivity index (χ1n) is 9.32. The van der Waals surface area contributed by atoms with Crippen LogP contribution in [0.3, 0.4) is 0 Å². The molecule has 1 aliphatic rings. The third kappa shape index (κ3) is 5.10. The molecule has 0 amide bonds. The van der Waals surface area contributed by atoms with Gasteiger partial charge in [-0.2, -0.15) is 5.10 Å². The topological polar surface area (TPSA) is 67.2 Å². The Balaban J connectivity index is 1.45. The van der Waals surface area contributed by atoms with Crippen LogP contribution in [0.4, 0.5) is 0 Å². The van der Waals surface area contributed by atoms with Crippen LogP contribution < -0.4 is 4.72 Å². The Morgan fingerprint density at radius 2 is 1.89 bits per heavy atom. The van der Waals surface area contributed by atoms with E-state index in [-0.39, 0.29) is 10.0 Å². The number of aromatic nitrogens is 2. The van der Waals surface area contributed by atoms with Crippen LogP contribution in [-0.2, 0) is 23.6 Å². The minimum absolute atomic E-state index is 0.0874. The molecule has 2 aromatic rings. The van der Waals surface area contributed by atoms with Gasteiger partial charge in [-0.05, 0) is 50.8 Å². The Kier molecular flexibility index (Phi) is 6.57. The third-order valence-electron chi connectivity index (χ3n) is 5.17. The second kappa shape index (κ2) is 8.73. The molecule has 0 radical (unpaired) electrons. The Morgan fingerprint density at radius 3 is 2.48 bits per heavy atom. The monoisotopic (exact) mass is 410 g/mol. The molecule has 3 rings (SSSR count). The summed E-state index contributed by atoms with van der Waals surface area (Å²) in [6.07, 6.45) is 3.04. The number of halogens is 1. The second-order valence-corrected chi connectivity index (χ2v) is 9.28. The molecule has 6 nitrogen and oxygen atoms in total. The first kappa shape index (κ1) is 20.3. The largest absolute Gasteiger partial charge is 0.299 e. The van der Waals surface area contributed by atoms with Crippen LogP contribution in [0.1, 0.15) is 30.5 Å². The van der Waals surface area contributed by atoms with Crippen LogP contribution in [0, 0.1) is 12.8 Å². The number of sulfonamides is 1. The molecule has 1 fully saturated rings. The maximum absolute atomic E-state index is 12.5. The molecule has 1 N–H and O–H groups in total. The Hall–Kier alpha value is -1.41. The minimum Gasteiger partial charge on any atom is -0.299 e. The van der Waals surface area contributed by atoms with Crippen molar-refractivity contribution in [3.8, 4) is 0 Å². The molecule has 27 heavy (non-hydrogen) atoms. The van der Waals surface area contributed by atoms with Gasteiger partial charge in [-0.3, -0.25) is 9.58 Å². The number of aryl methyl sites for hydroxylation is 2. The van der Waals surface area contributed by atoms with E-state index >= 15 is 0 Å². The molecule has 0 bridgehead atoms. The van der Waals surface area contributed by atoms with Gasteiger partial charge in [0.2, 0.25) is 10.0 Å². The molecular formula is C19H27ClN4O2S. The summed E-state index contributed by atoms with van der Waals surface area (Å²) < 4.78 is 29.1. The number of hydrogen-bond acceptors (Lipinski definition) is 4. The fourth-order valence-electron chi connectivity index (χ4n) is 3.66. The van der Waals surface area contributed by atoms with Gasteiger partial charge in [0.05, 0.1) is 5.69 Å². The summed E-state index contributed by atoms with van der Waals surface area (Å²) in [7, 11) is -1.99. The summed E-state index contributed by atoms with van der Waals surface area (Å²) in [6.45, 7) is 5.18. The number of nitrogens with zero attached hydrogens (tertiary/aromatic N) is 3. The van der Waals surface area contributed by atoms with Crippen molar-refractivity contribution in [1.82, 2.24) is 19.4 Å². The van der Waals surface area contributed by atoms with Crippen molar-refractivity contribution in [3.05, 3.63) is 46.7 Å². The van der Waals surface area contributed by atoms with Crippen molar-refractivity contribution in [3.63, 3.8) is 0 Å². The van der Waals surface area contributed by atoms with Crippen molar-refractivity contribution in [2.75, 3.05) is 19.6 Å². The molecule has 1 aromatic heterocycles. The highest BCUT2D eigenvalue weighted by atomic mass is 35.5. The van der Waals surface area contributed by atoms with Gasteiger partial charge in [-0.25, -0.2) is 13.1 Å². The van der Waals surface area contributed by atoms with Crippen LogP contribution >= 0.6 is 11.6 Å². The zero-order valence-electron chi connectivity index (χ0n) is 15.9. The van der Waals surface area contributed by atoms with E-state index in [0.717, 1.165) is 38.9 Å². The Morgan fingerprint density at radius 1 is 1.22 bits per heavy atom. The van der Waals surface area contributed by atoms with Crippen LogP contribution in [0.15, 0.2) is 35.2 Å². The highest BCUT2D eigenvalue weighted by Crippen LogP contribution is 2.25. The number of nitrogens with one attached hydrogen (secondary N) is 1. The van der Waals surface area contributed by atoms with E-state index in [9.17, 15) is 8.42 Å². The van der Waals surface area contributed by atoms with Crippen molar-refractivity contribution in [1.29, 1.82) is 0 Å². The van der Waals surface area contributed by atoms with Crippen molar-refractivity contribution < 1.29 is 8.42 Å². The molecule has 2 heterocycles. The van der Waals surface area contributed by atoms with E-state index < -0.39 is 10.0 Å². The van der Waals surface area contributed by atoms with Crippen molar-refractivity contribution >= 4 is 21.6 Å². The lowest BCUT2D eigenvalue weighted by Crippen LogP contribution is -2.35. The number of rotatable bonds is 7. The fourth-order valence-corrected chi connectivity index (χ4v) is 5.45. The SMILES string of the molecule is Cc1nn(C)c(Cl)c1S(=O)(=O)NCCC1CCN(Cc2ccccc2)CC1. The number of likely N-dealkylation sites (tertiary alicyclic amines) is 1. The first-order valence-corrected chi connectivity index (χ1v) is 11.2. The predicted octanol–water partition coefficient (Wildman–Crippen LogP) is 2.96. The van der Waals surface area contributed by atoms with E-state index in [4.69, 9.17) is 11.6 Å². The lowest BCUT2D eigenvalue weighted by molar-refractivity contribution is 0.173. The standard InChI is InChI=1S/C19H27ClN4O2S/c1-15-18(19(20)23(2)22-15)27(25,26)21-11-8-16-9-12-24(13-10-16)14-17-6-4-3-5-7-17/h3-7,16,21H,8-14H2,1-2H3. The van der Waals surface area contributed by atoms with Gasteiger partial charge in [0.1, 0.15) is 10.0 Å². The van der Waals surface area contributed by atoms with E-state index in [0.29, 0.717) is 18.2 Å². The van der Waals surface area contributed by atoms with Crippen LogP contribution in [0.2, 0.25) is 5.15 Å². The molecule has 148 valence electrons. The first-order chi connectivity index (χ1) is 12.9. The molecule has 1 aromatic carbocycles. The summed E-state index contributed by atoms with van der Waals surface area (Å²) in [6, 6.07) is 10.5. The predicted molar refractivity (Wildman–Crippen MR) is 107 cm³/mol. The Labute approximate surface area is 166 Å². The molecular weight excluding hydrogens is 384 g/mol. The van der Waals surface area contributed by atoms with Crippen molar-refractivity contribution in [2.45, 2.75) is 37.6 Å². The van der Waals surface area contributed by atoms with Gasteiger partial charge in [0.25, 0.3) is 0 Å². The quantitative estimate of drug-likeness (QED) is 0.762. The zero-order valence-corrected chi connectivity index (χ0v) is 17.4. The van der Waals surface area contributed by atoms with Crippen LogP contribution in [0.25, 0.3) is 0 Å². The van der Waals surface area contributed by atoms with E-state index in [1.165, 1.54) is 10.2 Å². The lowest BCUT2D eigenvalue weighted by Gasteiger charge is -2.32. The molecule has 1 aliphatic heterocycles. The Bertz CT molecular complexity index is 859. The summed E-state index contributed by atoms with van der Waals surface area (Å²) in [5.41, 5.74) is 1.76. The number of benzene rings is 1. The smallest absolute Gasteiger partial charge is 0.245 e. The van der Waals surface area contributed by atoms with E-state index in [1.807, 2.05) is 6.07 Å². The molecule has 8 heteroatoms. The van der Waals surface area contributed by atoms with E-state index in [2.05, 4.69) is 39.0 Å². The van der Waals surface area contributed by atoms with Gasteiger partial charge in [0, 0.05) is 20.1 Å². The normalized spacial score (nSPS) is 16.7. The van der Waals surface area contributed by atoms with Gasteiger partial charge in [-0.15, -0.1) is 0 Å². The summed E-state index contributed by atoms with van der Waals surface area (Å²) in [4.78, 5) is 2.55. The van der Waals surface area contributed by atoms with Gasteiger partial charge in [0.15, 0.2) is 0 Å². The molecule has 0 aliphatic carbocycles. The lowest BCUT2D eigenvalue weighted by atomic mass is 9.93. The van der Waals surface area contributed by atoms with E-state index in [1.54, 1.807) is 14.0 Å². The van der Waals surface area contributed by atoms with Gasteiger partial charge in [-0.1, -0.05) is 41.9 Å². The summed E-state index contributed by atoms with van der Waals surface area (Å²) >= 11 is 6.08. The van der Waals surface area contributed by atoms with Crippen LogP contribution in [0.5, 0.6) is 0 Å². The second-order valence-electron chi connectivity index (χ2n) is 7.22. The summed E-state index contributed by atoms with van der Waals surface area (Å²) in [5.74, 6) is 0.546. The maximum Gasteiger partial charge on any atom is 0.245 e. The molecule has 0 atom stereocenters. The highest BCUT2D eigenvalue weighted by Gasteiger charge is 2.25. The number of hydrogen-bond donors (Lipinski definition) is 1. The molecule has 0 saturated carbocycles. The summed E-state index contributed by atoms with van der Waals surface area (Å²) in [5, 5.41) is 4.22. The minimum atomic E-state index is -3.63. The maximum atomic E-state index is 12.5.